The molecule has 0 saturated carbocycles. The second kappa shape index (κ2) is 6.78. The SMILES string of the molecule is CCc1cc(CSc2ccc(CNC)cc2)n(C)n1. The molecule has 0 amide bonds. The van der Waals surface area contributed by atoms with Crippen LogP contribution < -0.4 is 5.32 Å². The zero-order valence-corrected chi connectivity index (χ0v) is 12.6. The van der Waals surface area contributed by atoms with Crippen LogP contribution in [0.1, 0.15) is 23.9 Å². The monoisotopic (exact) mass is 275 g/mol. The van der Waals surface area contributed by atoms with Crippen molar-refractivity contribution < 1.29 is 0 Å². The second-order valence-electron chi connectivity index (χ2n) is 4.57. The van der Waals surface area contributed by atoms with Crippen molar-refractivity contribution >= 4 is 11.8 Å². The highest BCUT2D eigenvalue weighted by molar-refractivity contribution is 7.98. The van der Waals surface area contributed by atoms with Gasteiger partial charge < -0.3 is 5.32 Å². The molecule has 1 aromatic carbocycles. The largest absolute Gasteiger partial charge is 0.316 e. The maximum atomic E-state index is 4.47. The Hall–Kier alpha value is -1.26. The number of aryl methyl sites for hydroxylation is 2. The van der Waals surface area contributed by atoms with Crippen LogP contribution in [0.2, 0.25) is 0 Å². The summed E-state index contributed by atoms with van der Waals surface area (Å²) in [5, 5.41) is 7.63. The van der Waals surface area contributed by atoms with Gasteiger partial charge in [0.25, 0.3) is 0 Å². The number of nitrogens with zero attached hydrogens (tertiary/aromatic N) is 2. The van der Waals surface area contributed by atoms with E-state index in [0.29, 0.717) is 0 Å². The molecule has 0 aliphatic heterocycles. The Morgan fingerprint density at radius 2 is 2.00 bits per heavy atom. The van der Waals surface area contributed by atoms with E-state index in [-0.39, 0.29) is 0 Å². The quantitative estimate of drug-likeness (QED) is 0.822. The molecular formula is C15H21N3S. The molecule has 0 aliphatic rings. The van der Waals surface area contributed by atoms with E-state index in [1.807, 2.05) is 30.5 Å². The summed E-state index contributed by atoms with van der Waals surface area (Å²) in [7, 11) is 3.99. The Balaban J connectivity index is 1.95. The van der Waals surface area contributed by atoms with Gasteiger partial charge in [0.2, 0.25) is 0 Å². The molecule has 0 fully saturated rings. The molecule has 1 heterocycles. The van der Waals surface area contributed by atoms with E-state index in [2.05, 4.69) is 47.7 Å². The lowest BCUT2D eigenvalue weighted by atomic mass is 10.2. The third-order valence-corrected chi connectivity index (χ3v) is 4.13. The van der Waals surface area contributed by atoms with E-state index < -0.39 is 0 Å². The van der Waals surface area contributed by atoms with Gasteiger partial charge in [-0.15, -0.1) is 11.8 Å². The van der Waals surface area contributed by atoms with Crippen LogP contribution in [-0.4, -0.2) is 16.8 Å². The van der Waals surface area contributed by atoms with Crippen molar-refractivity contribution in [1.82, 2.24) is 15.1 Å². The van der Waals surface area contributed by atoms with Gasteiger partial charge >= 0.3 is 0 Å². The molecule has 0 spiro atoms. The zero-order valence-electron chi connectivity index (χ0n) is 11.8. The predicted octanol–water partition coefficient (Wildman–Crippen LogP) is 2.99. The summed E-state index contributed by atoms with van der Waals surface area (Å²) in [5.74, 6) is 0.967. The van der Waals surface area contributed by atoms with E-state index in [1.165, 1.54) is 21.8 Å². The molecular weight excluding hydrogens is 254 g/mol. The lowest BCUT2D eigenvalue weighted by molar-refractivity contribution is 0.720. The van der Waals surface area contributed by atoms with Gasteiger partial charge in [-0.05, 0) is 37.2 Å². The average Bonchev–Trinajstić information content (AvgIpc) is 2.79. The molecule has 3 nitrogen and oxygen atoms in total. The number of nitrogens with one attached hydrogen (secondary N) is 1. The molecule has 1 aromatic heterocycles. The fraction of sp³-hybridized carbons (Fsp3) is 0.400. The van der Waals surface area contributed by atoms with Gasteiger partial charge in [-0.1, -0.05) is 19.1 Å². The lowest BCUT2D eigenvalue weighted by Crippen LogP contribution is -2.04. The van der Waals surface area contributed by atoms with E-state index in [0.717, 1.165) is 18.7 Å². The minimum Gasteiger partial charge on any atom is -0.316 e. The topological polar surface area (TPSA) is 29.9 Å². The van der Waals surface area contributed by atoms with Gasteiger partial charge in [0, 0.05) is 29.9 Å². The van der Waals surface area contributed by atoms with Gasteiger partial charge in [0.1, 0.15) is 0 Å². The summed E-state index contributed by atoms with van der Waals surface area (Å²) in [5.41, 5.74) is 3.77. The smallest absolute Gasteiger partial charge is 0.0625 e. The number of hydrogen-bond donors (Lipinski definition) is 1. The summed E-state index contributed by atoms with van der Waals surface area (Å²) in [6.07, 6.45) is 0.997. The first-order valence-corrected chi connectivity index (χ1v) is 7.59. The van der Waals surface area contributed by atoms with Crippen LogP contribution in [0.3, 0.4) is 0 Å². The molecule has 0 atom stereocenters. The van der Waals surface area contributed by atoms with Crippen LogP contribution in [0.4, 0.5) is 0 Å². The van der Waals surface area contributed by atoms with Crippen molar-refractivity contribution in [2.45, 2.75) is 30.5 Å². The number of rotatable bonds is 6. The highest BCUT2D eigenvalue weighted by Crippen LogP contribution is 2.23. The molecule has 0 radical (unpaired) electrons. The van der Waals surface area contributed by atoms with Crippen LogP contribution in [0, 0.1) is 0 Å². The van der Waals surface area contributed by atoms with Crippen molar-refractivity contribution in [3.05, 3.63) is 47.3 Å². The summed E-state index contributed by atoms with van der Waals surface area (Å²) >= 11 is 1.86. The first-order chi connectivity index (χ1) is 9.22. The highest BCUT2D eigenvalue weighted by Gasteiger charge is 2.04. The van der Waals surface area contributed by atoms with Gasteiger partial charge in [0.15, 0.2) is 0 Å². The molecule has 2 aromatic rings. The fourth-order valence-corrected chi connectivity index (χ4v) is 2.86. The normalized spacial score (nSPS) is 10.9. The van der Waals surface area contributed by atoms with Crippen molar-refractivity contribution in [3.8, 4) is 0 Å². The maximum Gasteiger partial charge on any atom is 0.0625 e. The van der Waals surface area contributed by atoms with Gasteiger partial charge in [-0.3, -0.25) is 4.68 Å². The Bertz CT molecular complexity index is 517. The minimum absolute atomic E-state index is 0.923. The first kappa shape index (κ1) is 14.2. The van der Waals surface area contributed by atoms with E-state index in [1.54, 1.807) is 0 Å². The number of thioether (sulfide) groups is 1. The maximum absolute atomic E-state index is 4.47. The van der Waals surface area contributed by atoms with Crippen LogP contribution >= 0.6 is 11.8 Å². The van der Waals surface area contributed by atoms with Crippen LogP contribution in [0.5, 0.6) is 0 Å². The molecule has 4 heteroatoms. The summed E-state index contributed by atoms with van der Waals surface area (Å²) < 4.78 is 1.99. The van der Waals surface area contributed by atoms with Crippen molar-refractivity contribution in [2.75, 3.05) is 7.05 Å². The molecule has 0 unspecified atom stereocenters. The van der Waals surface area contributed by atoms with Crippen LogP contribution in [0.25, 0.3) is 0 Å². The number of hydrogen-bond acceptors (Lipinski definition) is 3. The van der Waals surface area contributed by atoms with Crippen molar-refractivity contribution in [3.63, 3.8) is 0 Å². The Kier molecular flexibility index (Phi) is 5.05. The molecule has 2 rings (SSSR count). The Labute approximate surface area is 119 Å². The molecule has 0 saturated heterocycles. The molecule has 0 aliphatic carbocycles. The lowest BCUT2D eigenvalue weighted by Gasteiger charge is -2.04. The first-order valence-electron chi connectivity index (χ1n) is 6.61. The van der Waals surface area contributed by atoms with E-state index in [9.17, 15) is 0 Å². The molecule has 19 heavy (non-hydrogen) atoms. The van der Waals surface area contributed by atoms with Crippen LogP contribution in [-0.2, 0) is 25.8 Å². The third kappa shape index (κ3) is 3.85. The summed E-state index contributed by atoms with van der Waals surface area (Å²) in [6, 6.07) is 10.9. The highest BCUT2D eigenvalue weighted by atomic mass is 32.2. The summed E-state index contributed by atoms with van der Waals surface area (Å²) in [6.45, 7) is 3.06. The second-order valence-corrected chi connectivity index (χ2v) is 5.62. The zero-order chi connectivity index (χ0) is 13.7. The summed E-state index contributed by atoms with van der Waals surface area (Å²) in [4.78, 5) is 1.30. The van der Waals surface area contributed by atoms with E-state index in [4.69, 9.17) is 0 Å². The standard InChI is InChI=1S/C15H21N3S/c1-4-13-9-14(18(3)17-13)11-19-15-7-5-12(6-8-15)10-16-2/h5-9,16H,4,10-11H2,1-3H3. The average molecular weight is 275 g/mol. The predicted molar refractivity (Wildman–Crippen MR) is 81.4 cm³/mol. The molecule has 1 N–H and O–H groups in total. The fourth-order valence-electron chi connectivity index (χ4n) is 1.94. The van der Waals surface area contributed by atoms with Gasteiger partial charge in [0.05, 0.1) is 5.69 Å². The van der Waals surface area contributed by atoms with Gasteiger partial charge in [-0.2, -0.15) is 5.10 Å². The Morgan fingerprint density at radius 1 is 1.26 bits per heavy atom. The van der Waals surface area contributed by atoms with Crippen molar-refractivity contribution in [2.24, 2.45) is 7.05 Å². The van der Waals surface area contributed by atoms with Gasteiger partial charge in [-0.25, -0.2) is 0 Å². The molecule has 102 valence electrons. The number of aromatic nitrogens is 2. The number of benzene rings is 1. The third-order valence-electron chi connectivity index (χ3n) is 3.08. The molecule has 0 bridgehead atoms. The van der Waals surface area contributed by atoms with Crippen molar-refractivity contribution in [1.29, 1.82) is 0 Å². The minimum atomic E-state index is 0.923. The van der Waals surface area contributed by atoms with E-state index >= 15 is 0 Å². The Morgan fingerprint density at radius 3 is 2.58 bits per heavy atom. The van der Waals surface area contributed by atoms with Crippen LogP contribution in [0.15, 0.2) is 35.2 Å².